The Morgan fingerprint density at radius 2 is 2.00 bits per heavy atom. The molecule has 2 aliphatic heterocycles. The molecule has 3 N–H and O–H groups in total. The first-order valence-electron chi connectivity index (χ1n) is 9.35. The third-order valence-electron chi connectivity index (χ3n) is 5.17. The van der Waals surface area contributed by atoms with Gasteiger partial charge in [-0.15, -0.1) is 0 Å². The minimum absolute atomic E-state index is 0.157. The van der Waals surface area contributed by atoms with Crippen molar-refractivity contribution in [2.24, 2.45) is 5.73 Å². The van der Waals surface area contributed by atoms with Gasteiger partial charge in [0.15, 0.2) is 5.78 Å². The first-order chi connectivity index (χ1) is 13.6. The topological polar surface area (TPSA) is 108 Å². The Balaban J connectivity index is 2.05. The van der Waals surface area contributed by atoms with Gasteiger partial charge in [-0.1, -0.05) is 15.9 Å². The highest BCUT2D eigenvalue weighted by Gasteiger charge is 2.62. The standard InChI is InChI=1S/C21H21BrN2O5/c1-20(2,3)29-18(26)16-17(23)28-14-6-4-5-13(25)15(14)21(16)11-9-10(22)7-8-12(11)24-19(21)27/h7-9H,4-6,23H2,1-3H3,(H,24,27)/t21-/m0/s1. The van der Waals surface area contributed by atoms with Gasteiger partial charge in [0, 0.05) is 28.6 Å². The number of hydrogen-bond acceptors (Lipinski definition) is 6. The Morgan fingerprint density at radius 1 is 1.28 bits per heavy atom. The van der Waals surface area contributed by atoms with E-state index in [0.717, 1.165) is 0 Å². The van der Waals surface area contributed by atoms with Crippen molar-refractivity contribution in [2.75, 3.05) is 5.32 Å². The summed E-state index contributed by atoms with van der Waals surface area (Å²) in [6.07, 6.45) is 1.32. The summed E-state index contributed by atoms with van der Waals surface area (Å²) < 4.78 is 12.0. The van der Waals surface area contributed by atoms with E-state index in [1.165, 1.54) is 0 Å². The monoisotopic (exact) mass is 460 g/mol. The molecule has 0 unspecified atom stereocenters. The summed E-state index contributed by atoms with van der Waals surface area (Å²) in [6.45, 7) is 5.15. The van der Waals surface area contributed by atoms with Gasteiger partial charge in [-0.25, -0.2) is 4.79 Å². The molecule has 1 aromatic rings. The van der Waals surface area contributed by atoms with Crippen LogP contribution in [0.4, 0.5) is 5.69 Å². The summed E-state index contributed by atoms with van der Waals surface area (Å²) >= 11 is 3.42. The van der Waals surface area contributed by atoms with Gasteiger partial charge in [-0.05, 0) is 45.4 Å². The summed E-state index contributed by atoms with van der Waals surface area (Å²) in [6, 6.07) is 5.22. The molecule has 0 radical (unpaired) electrons. The molecular weight excluding hydrogens is 440 g/mol. The van der Waals surface area contributed by atoms with Crippen molar-refractivity contribution in [1.82, 2.24) is 0 Å². The Morgan fingerprint density at radius 3 is 2.69 bits per heavy atom. The molecule has 1 amide bonds. The summed E-state index contributed by atoms with van der Waals surface area (Å²) in [5, 5.41) is 2.81. The molecule has 1 spiro atoms. The maximum absolute atomic E-state index is 13.5. The summed E-state index contributed by atoms with van der Waals surface area (Å²) in [5.74, 6) is -1.41. The number of esters is 1. The van der Waals surface area contributed by atoms with Gasteiger partial charge in [0.05, 0.1) is 5.57 Å². The van der Waals surface area contributed by atoms with Crippen molar-refractivity contribution in [1.29, 1.82) is 0 Å². The van der Waals surface area contributed by atoms with Gasteiger partial charge < -0.3 is 20.5 Å². The van der Waals surface area contributed by atoms with E-state index < -0.39 is 22.9 Å². The number of carbonyl (C=O) groups is 3. The lowest BCUT2D eigenvalue weighted by Gasteiger charge is -2.39. The molecular formula is C21H21BrN2O5. The zero-order valence-corrected chi connectivity index (χ0v) is 17.9. The van der Waals surface area contributed by atoms with Crippen LogP contribution in [0.1, 0.15) is 45.6 Å². The fourth-order valence-electron chi connectivity index (χ4n) is 4.18. The second kappa shape index (κ2) is 6.45. The number of fused-ring (bicyclic) bond motifs is 3. The third-order valence-corrected chi connectivity index (χ3v) is 5.67. The molecule has 4 rings (SSSR count). The highest BCUT2D eigenvalue weighted by Crippen LogP contribution is 2.54. The van der Waals surface area contributed by atoms with Crippen molar-refractivity contribution in [3.63, 3.8) is 0 Å². The number of hydrogen-bond donors (Lipinski definition) is 2. The van der Waals surface area contributed by atoms with E-state index in [0.29, 0.717) is 34.3 Å². The lowest BCUT2D eigenvalue weighted by atomic mass is 9.64. The highest BCUT2D eigenvalue weighted by atomic mass is 79.9. The summed E-state index contributed by atoms with van der Waals surface area (Å²) in [4.78, 5) is 39.8. The molecule has 0 saturated heterocycles. The maximum atomic E-state index is 13.5. The van der Waals surface area contributed by atoms with Crippen LogP contribution >= 0.6 is 15.9 Å². The van der Waals surface area contributed by atoms with Gasteiger partial charge in [0.25, 0.3) is 0 Å². The molecule has 8 heteroatoms. The van der Waals surface area contributed by atoms with Gasteiger partial charge in [0.2, 0.25) is 11.8 Å². The molecule has 1 aliphatic carbocycles. The predicted octanol–water partition coefficient (Wildman–Crippen LogP) is 3.19. The summed E-state index contributed by atoms with van der Waals surface area (Å²) in [5.41, 5.74) is 4.67. The smallest absolute Gasteiger partial charge is 0.341 e. The molecule has 152 valence electrons. The van der Waals surface area contributed by atoms with Gasteiger partial charge in [-0.2, -0.15) is 0 Å². The largest absolute Gasteiger partial charge is 0.456 e. The number of nitrogens with one attached hydrogen (secondary N) is 1. The van der Waals surface area contributed by atoms with Crippen LogP contribution in [0.2, 0.25) is 0 Å². The predicted molar refractivity (Wildman–Crippen MR) is 108 cm³/mol. The van der Waals surface area contributed by atoms with E-state index in [1.807, 2.05) is 0 Å². The number of anilines is 1. The normalized spacial score (nSPS) is 23.6. The third kappa shape index (κ3) is 2.88. The second-order valence-electron chi connectivity index (χ2n) is 8.31. The van der Waals surface area contributed by atoms with Crippen LogP contribution in [0.3, 0.4) is 0 Å². The number of allylic oxidation sites excluding steroid dienone is 1. The molecule has 7 nitrogen and oxygen atoms in total. The van der Waals surface area contributed by atoms with Crippen molar-refractivity contribution < 1.29 is 23.9 Å². The summed E-state index contributed by atoms with van der Waals surface area (Å²) in [7, 11) is 0. The molecule has 29 heavy (non-hydrogen) atoms. The number of rotatable bonds is 1. The minimum atomic E-state index is -1.70. The average molecular weight is 461 g/mol. The van der Waals surface area contributed by atoms with E-state index in [-0.39, 0.29) is 29.2 Å². The van der Waals surface area contributed by atoms with Crippen LogP contribution in [0.15, 0.2) is 45.5 Å². The number of ketones is 1. The molecule has 2 heterocycles. The highest BCUT2D eigenvalue weighted by molar-refractivity contribution is 9.10. The van der Waals surface area contributed by atoms with Crippen LogP contribution in [0.25, 0.3) is 0 Å². The van der Waals surface area contributed by atoms with Crippen molar-refractivity contribution >= 4 is 39.3 Å². The molecule has 0 fully saturated rings. The number of amides is 1. The first-order valence-corrected chi connectivity index (χ1v) is 10.1. The van der Waals surface area contributed by atoms with Crippen molar-refractivity contribution in [3.8, 4) is 0 Å². The zero-order chi connectivity index (χ0) is 21.1. The number of carbonyl (C=O) groups excluding carboxylic acids is 3. The molecule has 1 aromatic carbocycles. The van der Waals surface area contributed by atoms with Crippen LogP contribution in [0.5, 0.6) is 0 Å². The Hall–Kier alpha value is -2.61. The van der Waals surface area contributed by atoms with Gasteiger partial charge in [0.1, 0.15) is 22.3 Å². The van der Waals surface area contributed by atoms with Crippen LogP contribution in [-0.2, 0) is 29.3 Å². The second-order valence-corrected chi connectivity index (χ2v) is 9.23. The SMILES string of the molecule is CC(C)(C)OC(=O)C1=C(N)OC2=C(C(=O)CCC2)[C@]12C(=O)Nc1ccc(Br)cc12. The van der Waals surface area contributed by atoms with Crippen LogP contribution < -0.4 is 11.1 Å². The maximum Gasteiger partial charge on any atom is 0.341 e. The zero-order valence-electron chi connectivity index (χ0n) is 16.3. The molecule has 0 saturated carbocycles. The minimum Gasteiger partial charge on any atom is -0.456 e. The molecule has 0 aromatic heterocycles. The quantitative estimate of drug-likeness (QED) is 0.623. The number of ether oxygens (including phenoxy) is 2. The Bertz CT molecular complexity index is 1030. The van der Waals surface area contributed by atoms with Crippen LogP contribution in [-0.4, -0.2) is 23.3 Å². The van der Waals surface area contributed by atoms with Crippen molar-refractivity contribution in [2.45, 2.75) is 51.0 Å². The number of benzene rings is 1. The molecule has 3 aliphatic rings. The lowest BCUT2D eigenvalue weighted by Crippen LogP contribution is -2.49. The van der Waals surface area contributed by atoms with Gasteiger partial charge >= 0.3 is 5.97 Å². The number of Topliss-reactive ketones (excluding diaryl/α,β-unsaturated/α-hetero) is 1. The average Bonchev–Trinajstić information content (AvgIpc) is 2.86. The number of nitrogens with two attached hydrogens (primary N) is 1. The fourth-order valence-corrected chi connectivity index (χ4v) is 4.54. The molecule has 1 atom stereocenters. The van der Waals surface area contributed by atoms with Crippen molar-refractivity contribution in [3.05, 3.63) is 51.0 Å². The fraction of sp³-hybridized carbons (Fsp3) is 0.381. The van der Waals surface area contributed by atoms with E-state index in [9.17, 15) is 14.4 Å². The van der Waals surface area contributed by atoms with Crippen LogP contribution in [0, 0.1) is 0 Å². The Kier molecular flexibility index (Phi) is 4.38. The Labute approximate surface area is 176 Å². The van der Waals surface area contributed by atoms with E-state index in [4.69, 9.17) is 15.2 Å². The van der Waals surface area contributed by atoms with E-state index >= 15 is 0 Å². The number of halogens is 1. The molecule has 0 bridgehead atoms. The van der Waals surface area contributed by atoms with Gasteiger partial charge in [-0.3, -0.25) is 9.59 Å². The first kappa shape index (κ1) is 19.7. The van der Waals surface area contributed by atoms with E-state index in [2.05, 4.69) is 21.2 Å². The lowest BCUT2D eigenvalue weighted by molar-refractivity contribution is -0.151. The van der Waals surface area contributed by atoms with E-state index in [1.54, 1.807) is 39.0 Å².